The van der Waals surface area contributed by atoms with Crippen LogP contribution in [-0.4, -0.2) is 6.36 Å². The van der Waals surface area contributed by atoms with Crippen molar-refractivity contribution in [1.29, 1.82) is 0 Å². The second-order valence-corrected chi connectivity index (χ2v) is 10.1. The summed E-state index contributed by atoms with van der Waals surface area (Å²) in [6.45, 7) is 3.86. The molecule has 204 valence electrons. The average Bonchev–Trinajstić information content (AvgIpc) is 2.89. The Morgan fingerprint density at radius 2 is 1.47 bits per heavy atom. The SMILES string of the molecule is CCCCCC1CCC(c2ccc(-c3cc(F)c(F)c(Oc4ccc(OC(F)(F)F)cc4)c3C)cc2)CC1. The fourth-order valence-electron chi connectivity index (χ4n) is 5.34. The zero-order chi connectivity index (χ0) is 27.3. The molecule has 1 aliphatic rings. The summed E-state index contributed by atoms with van der Waals surface area (Å²) in [4.78, 5) is 0. The predicted molar refractivity (Wildman–Crippen MR) is 139 cm³/mol. The standard InChI is InChI=1S/C31H33F5O2/c1-3-4-5-6-21-7-9-22(10-8-21)23-11-13-24(14-12-23)27-19-28(32)29(33)30(20(27)2)37-25-15-17-26(18-16-25)38-31(34,35)36/h11-19,21-22H,3-10H2,1-2H3. The highest BCUT2D eigenvalue weighted by Crippen LogP contribution is 2.40. The summed E-state index contributed by atoms with van der Waals surface area (Å²) in [5, 5.41) is 0. The minimum absolute atomic E-state index is 0.0544. The van der Waals surface area contributed by atoms with E-state index in [1.54, 1.807) is 6.92 Å². The van der Waals surface area contributed by atoms with Crippen LogP contribution in [0, 0.1) is 24.5 Å². The van der Waals surface area contributed by atoms with E-state index in [4.69, 9.17) is 4.74 Å². The second kappa shape index (κ2) is 12.2. The van der Waals surface area contributed by atoms with Gasteiger partial charge < -0.3 is 9.47 Å². The Morgan fingerprint density at radius 1 is 0.842 bits per heavy atom. The van der Waals surface area contributed by atoms with E-state index >= 15 is 0 Å². The second-order valence-electron chi connectivity index (χ2n) is 10.1. The molecule has 4 rings (SSSR count). The lowest BCUT2D eigenvalue weighted by atomic mass is 9.77. The molecule has 7 heteroatoms. The highest BCUT2D eigenvalue weighted by molar-refractivity contribution is 5.70. The van der Waals surface area contributed by atoms with Crippen molar-refractivity contribution in [2.24, 2.45) is 5.92 Å². The zero-order valence-corrected chi connectivity index (χ0v) is 21.7. The molecule has 3 aromatic carbocycles. The molecular weight excluding hydrogens is 499 g/mol. The van der Waals surface area contributed by atoms with Crippen LogP contribution in [0.4, 0.5) is 22.0 Å². The number of hydrogen-bond donors (Lipinski definition) is 0. The van der Waals surface area contributed by atoms with Gasteiger partial charge in [-0.25, -0.2) is 4.39 Å². The van der Waals surface area contributed by atoms with E-state index in [-0.39, 0.29) is 11.5 Å². The molecule has 2 nitrogen and oxygen atoms in total. The third kappa shape index (κ3) is 7.06. The van der Waals surface area contributed by atoms with Crippen molar-refractivity contribution in [3.05, 3.63) is 77.4 Å². The molecular formula is C31H33F5O2. The first-order chi connectivity index (χ1) is 18.1. The summed E-state index contributed by atoms with van der Waals surface area (Å²) in [6, 6.07) is 13.6. The fourth-order valence-corrected chi connectivity index (χ4v) is 5.34. The Hall–Kier alpha value is -3.09. The van der Waals surface area contributed by atoms with Gasteiger partial charge in [-0.15, -0.1) is 13.2 Å². The third-order valence-corrected chi connectivity index (χ3v) is 7.46. The molecule has 0 aromatic heterocycles. The summed E-state index contributed by atoms with van der Waals surface area (Å²) in [5.41, 5.74) is 2.87. The summed E-state index contributed by atoms with van der Waals surface area (Å²) in [7, 11) is 0. The lowest BCUT2D eigenvalue weighted by molar-refractivity contribution is -0.274. The van der Waals surface area contributed by atoms with E-state index in [0.29, 0.717) is 17.0 Å². The number of ether oxygens (including phenoxy) is 2. The molecule has 0 radical (unpaired) electrons. The van der Waals surface area contributed by atoms with Crippen LogP contribution >= 0.6 is 0 Å². The number of halogens is 5. The van der Waals surface area contributed by atoms with E-state index < -0.39 is 23.7 Å². The number of hydrogen-bond acceptors (Lipinski definition) is 2. The largest absolute Gasteiger partial charge is 0.573 e. The average molecular weight is 533 g/mol. The van der Waals surface area contributed by atoms with E-state index in [0.717, 1.165) is 29.7 Å². The molecule has 0 unspecified atom stereocenters. The van der Waals surface area contributed by atoms with Crippen LogP contribution in [0.5, 0.6) is 17.2 Å². The zero-order valence-electron chi connectivity index (χ0n) is 21.7. The van der Waals surface area contributed by atoms with Gasteiger partial charge in [0.1, 0.15) is 11.5 Å². The lowest BCUT2D eigenvalue weighted by Crippen LogP contribution is -2.16. The van der Waals surface area contributed by atoms with Gasteiger partial charge in [0.2, 0.25) is 5.82 Å². The van der Waals surface area contributed by atoms with Gasteiger partial charge in [0.15, 0.2) is 11.6 Å². The smallest absolute Gasteiger partial charge is 0.454 e. The van der Waals surface area contributed by atoms with Crippen LogP contribution in [-0.2, 0) is 0 Å². The maximum atomic E-state index is 14.7. The van der Waals surface area contributed by atoms with Gasteiger partial charge in [-0.3, -0.25) is 0 Å². The molecule has 0 heterocycles. The normalized spacial score (nSPS) is 17.9. The van der Waals surface area contributed by atoms with Gasteiger partial charge >= 0.3 is 6.36 Å². The van der Waals surface area contributed by atoms with E-state index in [1.807, 2.05) is 12.1 Å². The highest BCUT2D eigenvalue weighted by atomic mass is 19.4. The molecule has 1 aliphatic carbocycles. The molecule has 0 aliphatic heterocycles. The Balaban J connectivity index is 1.47. The van der Waals surface area contributed by atoms with Crippen LogP contribution in [0.3, 0.4) is 0 Å². The molecule has 0 atom stereocenters. The van der Waals surface area contributed by atoms with Crippen molar-refractivity contribution in [2.75, 3.05) is 0 Å². The molecule has 3 aromatic rings. The van der Waals surface area contributed by atoms with Crippen molar-refractivity contribution in [2.45, 2.75) is 77.5 Å². The monoisotopic (exact) mass is 532 g/mol. The molecule has 0 bridgehead atoms. The summed E-state index contributed by atoms with van der Waals surface area (Å²) in [6.07, 6.45) is 5.22. The molecule has 0 saturated heterocycles. The van der Waals surface area contributed by atoms with Gasteiger partial charge in [-0.1, -0.05) is 56.9 Å². The molecule has 0 amide bonds. The van der Waals surface area contributed by atoms with Crippen LogP contribution in [0.1, 0.15) is 75.3 Å². The Morgan fingerprint density at radius 3 is 2.08 bits per heavy atom. The maximum absolute atomic E-state index is 14.7. The Bertz CT molecular complexity index is 1190. The third-order valence-electron chi connectivity index (χ3n) is 7.46. The topological polar surface area (TPSA) is 18.5 Å². The minimum Gasteiger partial charge on any atom is -0.454 e. The van der Waals surface area contributed by atoms with Gasteiger partial charge in [0.25, 0.3) is 0 Å². The van der Waals surface area contributed by atoms with Crippen LogP contribution in [0.15, 0.2) is 54.6 Å². The lowest BCUT2D eigenvalue weighted by Gasteiger charge is -2.29. The van der Waals surface area contributed by atoms with Crippen LogP contribution in [0.25, 0.3) is 11.1 Å². The van der Waals surface area contributed by atoms with Gasteiger partial charge in [-0.2, -0.15) is 4.39 Å². The summed E-state index contributed by atoms with van der Waals surface area (Å²) in [5.74, 6) is -1.58. The van der Waals surface area contributed by atoms with Crippen molar-refractivity contribution < 1.29 is 31.4 Å². The minimum atomic E-state index is -4.83. The Kier molecular flexibility index (Phi) is 8.95. The summed E-state index contributed by atoms with van der Waals surface area (Å²) < 4.78 is 75.9. The van der Waals surface area contributed by atoms with Gasteiger partial charge in [-0.05, 0) is 91.5 Å². The molecule has 0 spiro atoms. The predicted octanol–water partition coefficient (Wildman–Crippen LogP) is 10.5. The molecule has 1 saturated carbocycles. The van der Waals surface area contributed by atoms with E-state index in [1.165, 1.54) is 69.1 Å². The van der Waals surface area contributed by atoms with Crippen LogP contribution < -0.4 is 9.47 Å². The number of rotatable bonds is 9. The Labute approximate surface area is 220 Å². The highest BCUT2D eigenvalue weighted by Gasteiger charge is 2.31. The van der Waals surface area contributed by atoms with Crippen molar-refractivity contribution >= 4 is 0 Å². The number of alkyl halides is 3. The van der Waals surface area contributed by atoms with E-state index in [2.05, 4.69) is 23.8 Å². The van der Waals surface area contributed by atoms with Gasteiger partial charge in [0, 0.05) is 5.56 Å². The first kappa shape index (κ1) is 27.9. The van der Waals surface area contributed by atoms with Gasteiger partial charge in [0.05, 0.1) is 0 Å². The molecule has 38 heavy (non-hydrogen) atoms. The fraction of sp³-hybridized carbons (Fsp3) is 0.419. The number of benzene rings is 3. The first-order valence-corrected chi connectivity index (χ1v) is 13.3. The number of unbranched alkanes of at least 4 members (excludes halogenated alkanes) is 2. The van der Waals surface area contributed by atoms with Crippen LogP contribution in [0.2, 0.25) is 0 Å². The molecule has 1 fully saturated rings. The summed E-state index contributed by atoms with van der Waals surface area (Å²) >= 11 is 0. The van der Waals surface area contributed by atoms with Crippen molar-refractivity contribution in [1.82, 2.24) is 0 Å². The first-order valence-electron chi connectivity index (χ1n) is 13.3. The van der Waals surface area contributed by atoms with E-state index in [9.17, 15) is 22.0 Å². The molecule has 0 N–H and O–H groups in total. The maximum Gasteiger partial charge on any atom is 0.573 e. The van der Waals surface area contributed by atoms with Crippen molar-refractivity contribution in [3.63, 3.8) is 0 Å². The van der Waals surface area contributed by atoms with Crippen molar-refractivity contribution in [3.8, 4) is 28.4 Å². The quantitative estimate of drug-likeness (QED) is 0.202.